The van der Waals surface area contributed by atoms with Crippen molar-refractivity contribution in [2.75, 3.05) is 7.05 Å². The van der Waals surface area contributed by atoms with Crippen LogP contribution >= 0.6 is 0 Å². The predicted molar refractivity (Wildman–Crippen MR) is 73.9 cm³/mol. The molecule has 0 N–H and O–H groups in total. The zero-order valence-electron chi connectivity index (χ0n) is 11.8. The Kier molecular flexibility index (Phi) is 3.74. The second-order valence-corrected chi connectivity index (χ2v) is 4.72. The molecule has 0 aromatic carbocycles. The summed E-state index contributed by atoms with van der Waals surface area (Å²) in [5.74, 6) is 1.56. The molecule has 3 aromatic rings. The van der Waals surface area contributed by atoms with Crippen molar-refractivity contribution in [2.45, 2.75) is 19.5 Å². The summed E-state index contributed by atoms with van der Waals surface area (Å²) >= 11 is 0. The zero-order valence-corrected chi connectivity index (χ0v) is 11.8. The van der Waals surface area contributed by atoms with Gasteiger partial charge in [0.15, 0.2) is 11.6 Å². The summed E-state index contributed by atoms with van der Waals surface area (Å²) in [7, 11) is 1.98. The van der Waals surface area contributed by atoms with Gasteiger partial charge in [0.25, 0.3) is 5.89 Å². The molecule has 0 saturated carbocycles. The van der Waals surface area contributed by atoms with Crippen LogP contribution in [0, 0.1) is 0 Å². The number of hydrogen-bond acceptors (Lipinski definition) is 7. The molecule has 0 aliphatic carbocycles. The summed E-state index contributed by atoms with van der Waals surface area (Å²) in [4.78, 5) is 14.6. The Morgan fingerprint density at radius 3 is 2.95 bits per heavy atom. The Morgan fingerprint density at radius 1 is 1.33 bits per heavy atom. The molecular weight excluding hydrogens is 270 g/mol. The number of rotatable bonds is 5. The van der Waals surface area contributed by atoms with Crippen molar-refractivity contribution in [1.82, 2.24) is 25.0 Å². The lowest BCUT2D eigenvalue weighted by Gasteiger charge is -2.22. The van der Waals surface area contributed by atoms with Gasteiger partial charge in [-0.05, 0) is 32.2 Å². The van der Waals surface area contributed by atoms with E-state index in [-0.39, 0.29) is 6.04 Å². The fourth-order valence-electron chi connectivity index (χ4n) is 1.95. The lowest BCUT2D eigenvalue weighted by Crippen LogP contribution is -2.23. The van der Waals surface area contributed by atoms with Crippen molar-refractivity contribution in [3.8, 4) is 11.7 Å². The van der Waals surface area contributed by atoms with Crippen LogP contribution < -0.4 is 0 Å². The highest BCUT2D eigenvalue weighted by Gasteiger charge is 2.17. The van der Waals surface area contributed by atoms with E-state index >= 15 is 0 Å². The van der Waals surface area contributed by atoms with Crippen LogP contribution in [0.25, 0.3) is 11.7 Å². The average Bonchev–Trinajstić information content (AvgIpc) is 3.18. The van der Waals surface area contributed by atoms with Gasteiger partial charge in [0.05, 0.1) is 18.5 Å². The van der Waals surface area contributed by atoms with Crippen LogP contribution in [0.15, 0.2) is 45.9 Å². The van der Waals surface area contributed by atoms with E-state index in [1.165, 1.54) is 0 Å². The molecule has 0 radical (unpaired) electrons. The van der Waals surface area contributed by atoms with Gasteiger partial charge < -0.3 is 8.94 Å². The smallest absolute Gasteiger partial charge is 0.293 e. The first-order valence-corrected chi connectivity index (χ1v) is 6.56. The minimum atomic E-state index is 0.124. The van der Waals surface area contributed by atoms with Crippen molar-refractivity contribution in [3.63, 3.8) is 0 Å². The van der Waals surface area contributed by atoms with Crippen LogP contribution in [-0.4, -0.2) is 32.1 Å². The Labute approximate surface area is 121 Å². The third-order valence-electron chi connectivity index (χ3n) is 3.28. The Hall–Kier alpha value is -2.54. The number of furan rings is 1. The molecule has 0 fully saturated rings. The van der Waals surface area contributed by atoms with E-state index < -0.39 is 0 Å². The minimum Gasteiger partial charge on any atom is -0.459 e. The van der Waals surface area contributed by atoms with E-state index in [0.717, 1.165) is 5.69 Å². The Bertz CT molecular complexity index is 680. The standard InChI is InChI=1S/C14H15N5O2/c1-10(11-5-6-15-9-16-11)19(2)8-13-17-14(21-18-13)12-4-3-7-20-12/h3-7,9-10H,8H2,1-2H3. The van der Waals surface area contributed by atoms with Gasteiger partial charge in [-0.15, -0.1) is 0 Å². The van der Waals surface area contributed by atoms with E-state index in [0.29, 0.717) is 24.0 Å². The van der Waals surface area contributed by atoms with Crippen LogP contribution in [0.2, 0.25) is 0 Å². The van der Waals surface area contributed by atoms with Gasteiger partial charge >= 0.3 is 0 Å². The third-order valence-corrected chi connectivity index (χ3v) is 3.28. The summed E-state index contributed by atoms with van der Waals surface area (Å²) in [6.07, 6.45) is 4.85. The van der Waals surface area contributed by atoms with Gasteiger partial charge in [0, 0.05) is 12.2 Å². The van der Waals surface area contributed by atoms with E-state index in [4.69, 9.17) is 8.94 Å². The normalized spacial score (nSPS) is 12.7. The first kappa shape index (κ1) is 13.4. The zero-order chi connectivity index (χ0) is 14.7. The van der Waals surface area contributed by atoms with E-state index in [2.05, 4.69) is 31.9 Å². The quantitative estimate of drug-likeness (QED) is 0.711. The first-order valence-electron chi connectivity index (χ1n) is 6.56. The monoisotopic (exact) mass is 285 g/mol. The van der Waals surface area contributed by atoms with Crippen molar-refractivity contribution in [2.24, 2.45) is 0 Å². The van der Waals surface area contributed by atoms with Crippen LogP contribution in [-0.2, 0) is 6.54 Å². The molecule has 1 atom stereocenters. The van der Waals surface area contributed by atoms with Crippen molar-refractivity contribution >= 4 is 0 Å². The maximum atomic E-state index is 5.23. The summed E-state index contributed by atoms with van der Waals surface area (Å²) in [5.41, 5.74) is 0.947. The molecule has 0 aliphatic rings. The Balaban J connectivity index is 1.69. The topological polar surface area (TPSA) is 81.1 Å². The molecule has 7 heteroatoms. The van der Waals surface area contributed by atoms with Crippen LogP contribution in [0.4, 0.5) is 0 Å². The number of aromatic nitrogens is 4. The summed E-state index contributed by atoms with van der Waals surface area (Å²) in [5, 5.41) is 3.97. The molecule has 21 heavy (non-hydrogen) atoms. The predicted octanol–water partition coefficient (Wildman–Crippen LogP) is 2.31. The minimum absolute atomic E-state index is 0.124. The highest BCUT2D eigenvalue weighted by atomic mass is 16.5. The molecule has 0 spiro atoms. The highest BCUT2D eigenvalue weighted by molar-refractivity contribution is 5.42. The third kappa shape index (κ3) is 2.97. The molecule has 3 rings (SSSR count). The van der Waals surface area contributed by atoms with Gasteiger partial charge in [-0.25, -0.2) is 9.97 Å². The van der Waals surface area contributed by atoms with Crippen LogP contribution in [0.1, 0.15) is 24.5 Å². The SMILES string of the molecule is CC(c1ccncn1)N(C)Cc1noc(-c2ccco2)n1. The maximum Gasteiger partial charge on any atom is 0.293 e. The van der Waals surface area contributed by atoms with Gasteiger partial charge in [-0.3, -0.25) is 4.90 Å². The van der Waals surface area contributed by atoms with Crippen LogP contribution in [0.5, 0.6) is 0 Å². The van der Waals surface area contributed by atoms with Crippen molar-refractivity contribution in [3.05, 3.63) is 48.5 Å². The van der Waals surface area contributed by atoms with E-state index in [1.807, 2.05) is 13.1 Å². The summed E-state index contributed by atoms with van der Waals surface area (Å²) < 4.78 is 10.4. The lowest BCUT2D eigenvalue weighted by molar-refractivity contribution is 0.238. The molecule has 7 nitrogen and oxygen atoms in total. The van der Waals surface area contributed by atoms with Gasteiger partial charge in [-0.2, -0.15) is 4.98 Å². The maximum absolute atomic E-state index is 5.23. The van der Waals surface area contributed by atoms with Gasteiger partial charge in [0.1, 0.15) is 6.33 Å². The summed E-state index contributed by atoms with van der Waals surface area (Å²) in [6.45, 7) is 2.62. The molecular formula is C14H15N5O2. The van der Waals surface area contributed by atoms with Gasteiger partial charge in [0.2, 0.25) is 0 Å². The fourth-order valence-corrected chi connectivity index (χ4v) is 1.95. The van der Waals surface area contributed by atoms with Crippen molar-refractivity contribution < 1.29 is 8.94 Å². The molecule has 108 valence electrons. The summed E-state index contributed by atoms with van der Waals surface area (Å²) in [6, 6.07) is 5.58. The van der Waals surface area contributed by atoms with Crippen LogP contribution in [0.3, 0.4) is 0 Å². The van der Waals surface area contributed by atoms with E-state index in [1.54, 1.807) is 30.9 Å². The van der Waals surface area contributed by atoms with Gasteiger partial charge in [-0.1, -0.05) is 5.16 Å². The highest BCUT2D eigenvalue weighted by Crippen LogP contribution is 2.20. The molecule has 3 aromatic heterocycles. The van der Waals surface area contributed by atoms with Crippen molar-refractivity contribution in [1.29, 1.82) is 0 Å². The second kappa shape index (κ2) is 5.84. The molecule has 3 heterocycles. The largest absolute Gasteiger partial charge is 0.459 e. The second-order valence-electron chi connectivity index (χ2n) is 4.72. The number of nitrogens with zero attached hydrogens (tertiary/aromatic N) is 5. The van der Waals surface area contributed by atoms with E-state index in [9.17, 15) is 0 Å². The molecule has 0 bridgehead atoms. The molecule has 0 saturated heterocycles. The molecule has 0 aliphatic heterocycles. The average molecular weight is 285 g/mol. The lowest BCUT2D eigenvalue weighted by atomic mass is 10.2. The number of hydrogen-bond donors (Lipinski definition) is 0. The molecule has 0 amide bonds. The molecule has 1 unspecified atom stereocenters. The first-order chi connectivity index (χ1) is 10.2. The fraction of sp³-hybridized carbons (Fsp3) is 0.286. The Morgan fingerprint density at radius 2 is 2.24 bits per heavy atom.